The van der Waals surface area contributed by atoms with E-state index >= 15 is 0 Å². The molecule has 1 aromatic heterocycles. The van der Waals surface area contributed by atoms with Crippen molar-refractivity contribution in [3.8, 4) is 11.4 Å². The van der Waals surface area contributed by atoms with Gasteiger partial charge in [-0.1, -0.05) is 41.6 Å². The monoisotopic (exact) mass is 524 g/mol. The fourth-order valence-electron chi connectivity index (χ4n) is 5.15. The molecule has 0 bridgehead atoms. The van der Waals surface area contributed by atoms with Crippen LogP contribution in [0.4, 0.5) is 8.78 Å². The van der Waals surface area contributed by atoms with Crippen LogP contribution in [0.2, 0.25) is 5.02 Å². The number of aromatic nitrogens is 2. The Balaban J connectivity index is 1.66. The van der Waals surface area contributed by atoms with Crippen LogP contribution in [0, 0.1) is 18.6 Å². The Hall–Kier alpha value is -2.83. The number of halogens is 3. The molecule has 3 nitrogen and oxygen atoms in total. The Morgan fingerprint density at radius 2 is 1.89 bits per heavy atom. The number of nitrogens with zero attached hydrogens (tertiary/aromatic N) is 2. The Morgan fingerprint density at radius 3 is 2.58 bits per heavy atom. The van der Waals surface area contributed by atoms with Crippen LogP contribution in [-0.4, -0.2) is 16.7 Å². The molecule has 1 atom stereocenters. The van der Waals surface area contributed by atoms with Crippen molar-refractivity contribution in [3.63, 3.8) is 0 Å². The zero-order valence-corrected chi connectivity index (χ0v) is 22.0. The van der Waals surface area contributed by atoms with Gasteiger partial charge in [-0.25, -0.2) is 13.8 Å². The predicted molar refractivity (Wildman–Crippen MR) is 142 cm³/mol. The van der Waals surface area contributed by atoms with Gasteiger partial charge in [-0.05, 0) is 86.7 Å². The van der Waals surface area contributed by atoms with Gasteiger partial charge >= 0.3 is 0 Å². The van der Waals surface area contributed by atoms with Crippen molar-refractivity contribution in [1.29, 1.82) is 0 Å². The molecule has 0 N–H and O–H groups in total. The highest BCUT2D eigenvalue weighted by atomic mass is 35.5. The van der Waals surface area contributed by atoms with E-state index in [2.05, 4.69) is 23.6 Å². The number of ether oxygens (including phenoxy) is 1. The van der Waals surface area contributed by atoms with Gasteiger partial charge in [-0.2, -0.15) is 0 Å². The maximum absolute atomic E-state index is 14.5. The molecule has 1 unspecified atom stereocenters. The van der Waals surface area contributed by atoms with Gasteiger partial charge in [0.05, 0.1) is 18.5 Å². The van der Waals surface area contributed by atoms with Crippen molar-refractivity contribution < 1.29 is 13.5 Å². The first-order valence-corrected chi connectivity index (χ1v) is 13.3. The molecule has 0 aliphatic heterocycles. The van der Waals surface area contributed by atoms with Gasteiger partial charge < -0.3 is 4.74 Å². The van der Waals surface area contributed by atoms with Crippen LogP contribution in [0.15, 0.2) is 65.8 Å². The first-order valence-electron chi connectivity index (χ1n) is 11.9. The van der Waals surface area contributed by atoms with Gasteiger partial charge in [-0.3, -0.25) is 4.57 Å². The first kappa shape index (κ1) is 24.8. The highest BCUT2D eigenvalue weighted by Gasteiger charge is 2.39. The molecule has 7 heteroatoms. The van der Waals surface area contributed by atoms with Crippen LogP contribution in [0.5, 0.6) is 5.75 Å². The summed E-state index contributed by atoms with van der Waals surface area (Å²) >= 11 is 7.74. The summed E-state index contributed by atoms with van der Waals surface area (Å²) in [6.07, 6.45) is 2.79. The SMILES string of the molecule is COc1ccc(C2(C)CCCc3nc(SCc4c(F)cccc4Cl)n(-c4ccc(F)cc4)c32)cc1C. The van der Waals surface area contributed by atoms with E-state index in [1.54, 1.807) is 31.4 Å². The molecule has 1 aliphatic carbocycles. The van der Waals surface area contributed by atoms with Gasteiger partial charge in [0.1, 0.15) is 17.4 Å². The molecule has 0 saturated carbocycles. The summed E-state index contributed by atoms with van der Waals surface area (Å²) in [7, 11) is 1.68. The van der Waals surface area contributed by atoms with E-state index < -0.39 is 0 Å². The second-order valence-corrected chi connectivity index (χ2v) is 10.7. The molecule has 0 amide bonds. The standard InChI is InChI=1S/C29H27ClF2N2OS/c1-18-16-19(9-14-26(18)35-3)29(2)15-5-8-25-27(29)34(21-12-10-20(31)11-13-21)28(33-25)36-17-22-23(30)6-4-7-24(22)32/h4,6-7,9-14,16H,5,8,15,17H2,1-3H3. The molecule has 36 heavy (non-hydrogen) atoms. The van der Waals surface area contributed by atoms with Crippen molar-refractivity contribution in [2.45, 2.75) is 49.4 Å². The zero-order valence-electron chi connectivity index (χ0n) is 20.4. The molecule has 0 spiro atoms. The van der Waals surface area contributed by atoms with Crippen molar-refractivity contribution in [3.05, 3.63) is 105 Å². The van der Waals surface area contributed by atoms with E-state index in [-0.39, 0.29) is 17.0 Å². The van der Waals surface area contributed by atoms with Gasteiger partial charge in [-0.15, -0.1) is 0 Å². The van der Waals surface area contributed by atoms with Crippen molar-refractivity contribution >= 4 is 23.4 Å². The lowest BCUT2D eigenvalue weighted by molar-refractivity contribution is 0.409. The number of methoxy groups -OCH3 is 1. The Bertz CT molecular complexity index is 1400. The summed E-state index contributed by atoms with van der Waals surface area (Å²) < 4.78 is 36.0. The van der Waals surface area contributed by atoms with E-state index in [4.69, 9.17) is 21.3 Å². The molecule has 0 radical (unpaired) electrons. The first-order chi connectivity index (χ1) is 17.3. The fourth-order valence-corrected chi connectivity index (χ4v) is 6.52. The average molecular weight is 525 g/mol. The number of rotatable bonds is 6. The maximum atomic E-state index is 14.5. The number of hydrogen-bond acceptors (Lipinski definition) is 3. The molecular weight excluding hydrogens is 498 g/mol. The van der Waals surface area contributed by atoms with E-state index in [9.17, 15) is 8.78 Å². The quantitative estimate of drug-likeness (QED) is 0.239. The van der Waals surface area contributed by atoms with E-state index in [1.807, 2.05) is 13.0 Å². The van der Waals surface area contributed by atoms with Crippen molar-refractivity contribution in [2.75, 3.05) is 7.11 Å². The summed E-state index contributed by atoms with van der Waals surface area (Å²) in [5, 5.41) is 1.13. The highest BCUT2D eigenvalue weighted by molar-refractivity contribution is 7.98. The third-order valence-electron chi connectivity index (χ3n) is 7.06. The minimum Gasteiger partial charge on any atom is -0.496 e. The van der Waals surface area contributed by atoms with Crippen LogP contribution in [0.1, 0.15) is 47.8 Å². The molecule has 0 saturated heterocycles. The lowest BCUT2D eigenvalue weighted by Gasteiger charge is -2.36. The number of aryl methyl sites for hydroxylation is 2. The third kappa shape index (κ3) is 4.41. The topological polar surface area (TPSA) is 27.1 Å². The summed E-state index contributed by atoms with van der Waals surface area (Å²) in [5.74, 6) is 0.552. The Kier molecular flexibility index (Phi) is 6.84. The van der Waals surface area contributed by atoms with Crippen LogP contribution < -0.4 is 4.74 Å². The summed E-state index contributed by atoms with van der Waals surface area (Å²) in [6.45, 7) is 4.29. The van der Waals surface area contributed by atoms with Crippen molar-refractivity contribution in [1.82, 2.24) is 9.55 Å². The van der Waals surface area contributed by atoms with Crippen LogP contribution in [-0.2, 0) is 17.6 Å². The number of hydrogen-bond donors (Lipinski definition) is 0. The second kappa shape index (κ2) is 9.91. The lowest BCUT2D eigenvalue weighted by atomic mass is 9.71. The summed E-state index contributed by atoms with van der Waals surface area (Å²) in [5.41, 5.74) is 5.31. The number of thioether (sulfide) groups is 1. The predicted octanol–water partition coefficient (Wildman–Crippen LogP) is 8.06. The maximum Gasteiger partial charge on any atom is 0.173 e. The van der Waals surface area contributed by atoms with E-state index in [1.165, 1.54) is 35.5 Å². The van der Waals surface area contributed by atoms with Crippen LogP contribution in [0.3, 0.4) is 0 Å². The normalized spacial score (nSPS) is 17.2. The van der Waals surface area contributed by atoms with E-state index in [0.29, 0.717) is 16.3 Å². The Labute approximate surface area is 219 Å². The Morgan fingerprint density at radius 1 is 1.11 bits per heavy atom. The largest absolute Gasteiger partial charge is 0.496 e. The van der Waals surface area contributed by atoms with Gasteiger partial charge in [0, 0.05) is 27.4 Å². The molecule has 1 heterocycles. The minimum atomic E-state index is -0.335. The third-order valence-corrected chi connectivity index (χ3v) is 8.38. The number of fused-ring (bicyclic) bond motifs is 1. The molecule has 0 fully saturated rings. The van der Waals surface area contributed by atoms with Gasteiger partial charge in [0.25, 0.3) is 0 Å². The van der Waals surface area contributed by atoms with Gasteiger partial charge in [0.15, 0.2) is 5.16 Å². The van der Waals surface area contributed by atoms with Crippen LogP contribution in [0.25, 0.3) is 5.69 Å². The molecule has 4 aromatic rings. The summed E-state index contributed by atoms with van der Waals surface area (Å²) in [4.78, 5) is 5.04. The second-order valence-electron chi connectivity index (χ2n) is 9.36. The number of imidazole rings is 1. The molecule has 186 valence electrons. The van der Waals surface area contributed by atoms with E-state index in [0.717, 1.165) is 52.8 Å². The average Bonchev–Trinajstić information content (AvgIpc) is 3.24. The zero-order chi connectivity index (χ0) is 25.4. The van der Waals surface area contributed by atoms with Crippen LogP contribution >= 0.6 is 23.4 Å². The number of benzene rings is 3. The smallest absolute Gasteiger partial charge is 0.173 e. The molecule has 1 aliphatic rings. The lowest BCUT2D eigenvalue weighted by Crippen LogP contribution is -2.31. The molecule has 5 rings (SSSR count). The summed E-state index contributed by atoms with van der Waals surface area (Å²) in [6, 6.07) is 17.5. The fraction of sp³-hybridized carbons (Fsp3) is 0.276. The molecule has 3 aromatic carbocycles. The molecular formula is C29H27ClF2N2OS. The highest BCUT2D eigenvalue weighted by Crippen LogP contribution is 2.46. The van der Waals surface area contributed by atoms with Crippen molar-refractivity contribution in [2.24, 2.45) is 0 Å². The minimum absolute atomic E-state index is 0.298. The van der Waals surface area contributed by atoms with Gasteiger partial charge in [0.2, 0.25) is 0 Å².